The molecule has 1 fully saturated rings. The number of hydrogen-bond acceptors (Lipinski definition) is 5. The summed E-state index contributed by atoms with van der Waals surface area (Å²) in [6.07, 6.45) is 0.360. The van der Waals surface area contributed by atoms with Crippen LogP contribution >= 0.6 is 0 Å². The normalized spacial score (nSPS) is 20.1. The Morgan fingerprint density at radius 1 is 1.39 bits per heavy atom. The topological polar surface area (TPSA) is 99.9 Å². The Hall–Kier alpha value is -2.59. The van der Waals surface area contributed by atoms with Crippen molar-refractivity contribution in [2.24, 2.45) is 5.41 Å². The van der Waals surface area contributed by atoms with E-state index in [1.54, 1.807) is 24.3 Å². The summed E-state index contributed by atoms with van der Waals surface area (Å²) in [6.45, 7) is 0.383. The number of likely N-dealkylation sites (tertiary alicyclic amines) is 1. The van der Waals surface area contributed by atoms with E-state index in [9.17, 15) is 14.7 Å². The molecule has 0 radical (unpaired) electrons. The van der Waals surface area contributed by atoms with E-state index in [4.69, 9.17) is 14.7 Å². The maximum atomic E-state index is 12.2. The van der Waals surface area contributed by atoms with Gasteiger partial charge in [0.1, 0.15) is 11.2 Å². The smallest absolute Gasteiger partial charge is 0.313 e. The van der Waals surface area contributed by atoms with Gasteiger partial charge in [0.2, 0.25) is 0 Å². The Labute approximate surface area is 134 Å². The van der Waals surface area contributed by atoms with Gasteiger partial charge in [-0.1, -0.05) is 0 Å². The second-order valence-corrected chi connectivity index (χ2v) is 5.51. The number of carboxylic acid groups (broad SMARTS) is 1. The molecule has 1 aliphatic heterocycles. The number of nitrogens with zero attached hydrogens (tertiary/aromatic N) is 2. The molecule has 1 atom stereocenters. The number of ether oxygens (including phenoxy) is 2. The first-order valence-electron chi connectivity index (χ1n) is 7.14. The summed E-state index contributed by atoms with van der Waals surface area (Å²) >= 11 is 0. The highest BCUT2D eigenvalue weighted by molar-refractivity contribution is 5.81. The summed E-state index contributed by atoms with van der Waals surface area (Å²) < 4.78 is 10.4. The summed E-state index contributed by atoms with van der Waals surface area (Å²) in [5, 5.41) is 18.1. The van der Waals surface area contributed by atoms with Gasteiger partial charge >= 0.3 is 5.97 Å². The molecule has 1 saturated heterocycles. The molecule has 1 heterocycles. The average molecular weight is 318 g/mol. The SMILES string of the molecule is COCC1(C(=O)O)CCN(C(=O)COc2ccc(C#N)cc2)C1. The molecule has 23 heavy (non-hydrogen) atoms. The van der Waals surface area contributed by atoms with Gasteiger partial charge in [-0.25, -0.2) is 0 Å². The van der Waals surface area contributed by atoms with Crippen LogP contribution in [-0.4, -0.2) is 55.3 Å². The standard InChI is InChI=1S/C16H18N2O5/c1-22-11-16(15(20)21)6-7-18(10-16)14(19)9-23-13-4-2-12(8-17)3-5-13/h2-5H,6-7,9-11H2,1H3,(H,20,21). The molecule has 0 spiro atoms. The molecule has 7 heteroatoms. The number of hydrogen-bond donors (Lipinski definition) is 1. The van der Waals surface area contributed by atoms with E-state index in [0.717, 1.165) is 0 Å². The number of benzene rings is 1. The molecular weight excluding hydrogens is 300 g/mol. The zero-order chi connectivity index (χ0) is 16.9. The van der Waals surface area contributed by atoms with Gasteiger partial charge in [-0.15, -0.1) is 0 Å². The van der Waals surface area contributed by atoms with Gasteiger partial charge in [0.25, 0.3) is 5.91 Å². The predicted molar refractivity (Wildman–Crippen MR) is 79.8 cm³/mol. The van der Waals surface area contributed by atoms with Crippen molar-refractivity contribution < 1.29 is 24.2 Å². The Kier molecular flexibility index (Phi) is 5.19. The molecule has 0 aliphatic carbocycles. The highest BCUT2D eigenvalue weighted by Gasteiger charge is 2.46. The number of carboxylic acids is 1. The molecule has 1 unspecified atom stereocenters. The lowest BCUT2D eigenvalue weighted by atomic mass is 9.88. The summed E-state index contributed by atoms with van der Waals surface area (Å²) in [4.78, 5) is 25.1. The number of carbonyl (C=O) groups excluding carboxylic acids is 1. The maximum absolute atomic E-state index is 12.2. The molecule has 1 aromatic rings. The van der Waals surface area contributed by atoms with E-state index < -0.39 is 11.4 Å². The number of aliphatic carboxylic acids is 1. The van der Waals surface area contributed by atoms with Gasteiger partial charge in [0.05, 0.1) is 18.2 Å². The van der Waals surface area contributed by atoms with E-state index in [1.807, 2.05) is 6.07 Å². The molecule has 122 valence electrons. The zero-order valence-corrected chi connectivity index (χ0v) is 12.8. The first-order valence-corrected chi connectivity index (χ1v) is 7.14. The number of methoxy groups -OCH3 is 1. The van der Waals surface area contributed by atoms with Crippen LogP contribution in [0.15, 0.2) is 24.3 Å². The van der Waals surface area contributed by atoms with Gasteiger partial charge in [-0.05, 0) is 30.7 Å². The third kappa shape index (κ3) is 3.79. The fourth-order valence-corrected chi connectivity index (χ4v) is 2.58. The molecule has 1 aliphatic rings. The minimum atomic E-state index is -1.04. The van der Waals surface area contributed by atoms with Crippen LogP contribution in [0.5, 0.6) is 5.75 Å². The number of amides is 1. The molecule has 1 amide bonds. The second-order valence-electron chi connectivity index (χ2n) is 5.51. The van der Waals surface area contributed by atoms with Gasteiger partial charge in [0.15, 0.2) is 6.61 Å². The lowest BCUT2D eigenvalue weighted by molar-refractivity contribution is -0.151. The maximum Gasteiger partial charge on any atom is 0.313 e. The van der Waals surface area contributed by atoms with E-state index in [-0.39, 0.29) is 25.7 Å². The Morgan fingerprint density at radius 2 is 2.09 bits per heavy atom. The highest BCUT2D eigenvalue weighted by atomic mass is 16.5. The summed E-state index contributed by atoms with van der Waals surface area (Å²) in [5.41, 5.74) is -0.534. The van der Waals surface area contributed by atoms with E-state index in [2.05, 4.69) is 0 Å². The van der Waals surface area contributed by atoms with Crippen LogP contribution < -0.4 is 4.74 Å². The van der Waals surface area contributed by atoms with Crippen LogP contribution in [0.2, 0.25) is 0 Å². The van der Waals surface area contributed by atoms with E-state index in [0.29, 0.717) is 24.3 Å². The van der Waals surface area contributed by atoms with Crippen molar-refractivity contribution in [2.75, 3.05) is 33.4 Å². The first kappa shape index (κ1) is 16.8. The van der Waals surface area contributed by atoms with Crippen molar-refractivity contribution in [1.29, 1.82) is 5.26 Å². The van der Waals surface area contributed by atoms with Crippen molar-refractivity contribution in [3.8, 4) is 11.8 Å². The predicted octanol–water partition coefficient (Wildman–Crippen LogP) is 0.887. The van der Waals surface area contributed by atoms with Gasteiger partial charge in [-0.2, -0.15) is 5.26 Å². The van der Waals surface area contributed by atoms with E-state index >= 15 is 0 Å². The highest BCUT2D eigenvalue weighted by Crippen LogP contribution is 2.31. The minimum Gasteiger partial charge on any atom is -0.484 e. The zero-order valence-electron chi connectivity index (χ0n) is 12.8. The minimum absolute atomic E-state index is 0.0720. The van der Waals surface area contributed by atoms with Crippen molar-refractivity contribution >= 4 is 11.9 Å². The van der Waals surface area contributed by atoms with Gasteiger partial charge in [0, 0.05) is 20.2 Å². The Bertz CT molecular complexity index is 622. The third-order valence-electron chi connectivity index (χ3n) is 3.93. The van der Waals surface area contributed by atoms with Crippen LogP contribution in [0.25, 0.3) is 0 Å². The Balaban J connectivity index is 1.91. The molecule has 7 nitrogen and oxygen atoms in total. The lowest BCUT2D eigenvalue weighted by Crippen LogP contribution is -2.41. The van der Waals surface area contributed by atoms with Crippen LogP contribution in [0.3, 0.4) is 0 Å². The molecule has 1 N–H and O–H groups in total. The molecular formula is C16H18N2O5. The molecule has 0 saturated carbocycles. The lowest BCUT2D eigenvalue weighted by Gasteiger charge is -2.23. The molecule has 2 rings (SSSR count). The van der Waals surface area contributed by atoms with Gasteiger partial charge < -0.3 is 19.5 Å². The fourth-order valence-electron chi connectivity index (χ4n) is 2.58. The second kappa shape index (κ2) is 7.11. The number of carbonyl (C=O) groups is 2. The fraction of sp³-hybridized carbons (Fsp3) is 0.438. The van der Waals surface area contributed by atoms with Crippen LogP contribution in [-0.2, 0) is 14.3 Å². The first-order chi connectivity index (χ1) is 11.0. The van der Waals surface area contributed by atoms with Crippen LogP contribution in [0, 0.1) is 16.7 Å². The Morgan fingerprint density at radius 3 is 2.65 bits per heavy atom. The summed E-state index contributed by atoms with van der Waals surface area (Å²) in [7, 11) is 1.45. The van der Waals surface area contributed by atoms with E-state index in [1.165, 1.54) is 12.0 Å². The van der Waals surface area contributed by atoms with Crippen molar-refractivity contribution in [2.45, 2.75) is 6.42 Å². The van der Waals surface area contributed by atoms with Crippen LogP contribution in [0.4, 0.5) is 0 Å². The molecule has 0 bridgehead atoms. The van der Waals surface area contributed by atoms with Crippen molar-refractivity contribution in [3.05, 3.63) is 29.8 Å². The van der Waals surface area contributed by atoms with Gasteiger partial charge in [-0.3, -0.25) is 9.59 Å². The summed E-state index contributed by atoms with van der Waals surface area (Å²) in [6, 6.07) is 8.43. The monoisotopic (exact) mass is 318 g/mol. The third-order valence-corrected chi connectivity index (χ3v) is 3.93. The average Bonchev–Trinajstić information content (AvgIpc) is 2.99. The largest absolute Gasteiger partial charge is 0.484 e. The molecule has 1 aromatic carbocycles. The number of rotatable bonds is 6. The quantitative estimate of drug-likeness (QED) is 0.836. The molecule has 0 aromatic heterocycles. The van der Waals surface area contributed by atoms with Crippen LogP contribution in [0.1, 0.15) is 12.0 Å². The van der Waals surface area contributed by atoms with Crippen molar-refractivity contribution in [1.82, 2.24) is 4.90 Å². The summed E-state index contributed by atoms with van der Waals surface area (Å²) in [5.74, 6) is -0.741. The number of nitriles is 1. The van der Waals surface area contributed by atoms with Crippen molar-refractivity contribution in [3.63, 3.8) is 0 Å².